The van der Waals surface area contributed by atoms with Gasteiger partial charge in [-0.05, 0) is 31.6 Å². The van der Waals surface area contributed by atoms with Crippen molar-refractivity contribution in [1.82, 2.24) is 14.7 Å². The van der Waals surface area contributed by atoms with Crippen LogP contribution in [0.4, 0.5) is 26.3 Å². The fourth-order valence-electron chi connectivity index (χ4n) is 4.46. The lowest BCUT2D eigenvalue weighted by Crippen LogP contribution is -2.54. The van der Waals surface area contributed by atoms with Crippen molar-refractivity contribution in [3.05, 3.63) is 0 Å². The van der Waals surface area contributed by atoms with Gasteiger partial charge in [0, 0.05) is 57.8 Å². The number of aliphatic carboxylic acids is 2. The molecule has 0 unspecified atom stereocenters. The normalized spacial score (nSPS) is 25.3. The van der Waals surface area contributed by atoms with E-state index in [2.05, 4.69) is 14.7 Å². The molecule has 2 atom stereocenters. The Morgan fingerprint density at radius 1 is 0.833 bits per heavy atom. The van der Waals surface area contributed by atoms with Crippen LogP contribution in [0.15, 0.2) is 0 Å². The Bertz CT molecular complexity index is 731. The summed E-state index contributed by atoms with van der Waals surface area (Å²) in [5.41, 5.74) is 0. The van der Waals surface area contributed by atoms with E-state index in [1.54, 1.807) is 0 Å². The van der Waals surface area contributed by atoms with Gasteiger partial charge < -0.3 is 19.8 Å². The molecule has 1 saturated carbocycles. The third-order valence-corrected chi connectivity index (χ3v) is 6.44. The molecule has 36 heavy (non-hydrogen) atoms. The predicted molar refractivity (Wildman–Crippen MR) is 112 cm³/mol. The number of likely N-dealkylation sites (tertiary alicyclic amines) is 2. The van der Waals surface area contributed by atoms with E-state index in [0.29, 0.717) is 18.0 Å². The number of alkyl halides is 6. The van der Waals surface area contributed by atoms with Crippen molar-refractivity contribution >= 4 is 17.8 Å². The summed E-state index contributed by atoms with van der Waals surface area (Å²) in [5, 5.41) is 14.2. The summed E-state index contributed by atoms with van der Waals surface area (Å²) in [5.74, 6) is -4.17. The van der Waals surface area contributed by atoms with E-state index in [-0.39, 0.29) is 0 Å². The molecule has 0 radical (unpaired) electrons. The van der Waals surface area contributed by atoms with Gasteiger partial charge in [-0.1, -0.05) is 0 Å². The highest BCUT2D eigenvalue weighted by atomic mass is 19.4. The number of piperidine rings is 1. The van der Waals surface area contributed by atoms with Gasteiger partial charge in [-0.25, -0.2) is 9.59 Å². The van der Waals surface area contributed by atoms with Crippen molar-refractivity contribution in [2.75, 3.05) is 52.5 Å². The van der Waals surface area contributed by atoms with E-state index < -0.39 is 24.3 Å². The maximum atomic E-state index is 12.4. The monoisotopic (exact) mass is 535 g/mol. The van der Waals surface area contributed by atoms with E-state index in [1.807, 2.05) is 0 Å². The van der Waals surface area contributed by atoms with Crippen LogP contribution in [-0.4, -0.2) is 120 Å². The minimum Gasteiger partial charge on any atom is -0.475 e. The molecule has 0 aromatic heterocycles. The molecule has 0 spiro atoms. The number of carbonyl (C=O) groups excluding carboxylic acids is 1. The van der Waals surface area contributed by atoms with Gasteiger partial charge in [0.25, 0.3) is 0 Å². The van der Waals surface area contributed by atoms with Crippen molar-refractivity contribution in [2.24, 2.45) is 5.92 Å². The first-order valence-electron chi connectivity index (χ1n) is 11.6. The van der Waals surface area contributed by atoms with Crippen molar-refractivity contribution < 1.29 is 55.7 Å². The summed E-state index contributed by atoms with van der Waals surface area (Å²) in [4.78, 5) is 37.6. The second-order valence-corrected chi connectivity index (χ2v) is 9.05. The Labute approximate surface area is 203 Å². The molecule has 2 N–H and O–H groups in total. The number of fused-ring (bicyclic) bond motifs is 1. The van der Waals surface area contributed by atoms with Gasteiger partial charge in [-0.15, -0.1) is 0 Å². The Hall–Kier alpha value is -2.13. The van der Waals surface area contributed by atoms with Gasteiger partial charge in [0.1, 0.15) is 0 Å². The molecule has 4 aliphatic rings. The number of rotatable bonds is 5. The van der Waals surface area contributed by atoms with E-state index >= 15 is 0 Å². The number of hydrogen-bond acceptors (Lipinski definition) is 6. The third-order valence-electron chi connectivity index (χ3n) is 6.44. The highest BCUT2D eigenvalue weighted by Crippen LogP contribution is 2.36. The van der Waals surface area contributed by atoms with Gasteiger partial charge in [-0.3, -0.25) is 14.6 Å². The van der Waals surface area contributed by atoms with Gasteiger partial charge in [0.2, 0.25) is 5.91 Å². The van der Waals surface area contributed by atoms with E-state index in [0.717, 1.165) is 58.2 Å². The fourth-order valence-corrected chi connectivity index (χ4v) is 4.46. The number of morpholine rings is 1. The summed E-state index contributed by atoms with van der Waals surface area (Å²) < 4.78 is 68.9. The number of hydrogen-bond donors (Lipinski definition) is 2. The Morgan fingerprint density at radius 2 is 1.36 bits per heavy atom. The quantitative estimate of drug-likeness (QED) is 0.515. The molecule has 15 heteroatoms. The zero-order valence-corrected chi connectivity index (χ0v) is 19.6. The van der Waals surface area contributed by atoms with E-state index in [9.17, 15) is 31.1 Å². The molecule has 4 rings (SSSR count). The second kappa shape index (κ2) is 12.9. The van der Waals surface area contributed by atoms with Crippen molar-refractivity contribution in [3.63, 3.8) is 0 Å². The molecule has 1 amide bonds. The molecule has 208 valence electrons. The van der Waals surface area contributed by atoms with E-state index in [1.165, 1.54) is 32.4 Å². The number of ether oxygens (including phenoxy) is 1. The summed E-state index contributed by atoms with van der Waals surface area (Å²) in [6.45, 7) is 8.14. The summed E-state index contributed by atoms with van der Waals surface area (Å²) >= 11 is 0. The first kappa shape index (κ1) is 30.1. The average molecular weight is 535 g/mol. The van der Waals surface area contributed by atoms with Crippen molar-refractivity contribution in [2.45, 2.75) is 56.5 Å². The highest BCUT2D eigenvalue weighted by Gasteiger charge is 2.44. The molecule has 1 aliphatic carbocycles. The lowest BCUT2D eigenvalue weighted by atomic mass is 9.96. The number of halogens is 6. The predicted octanol–water partition coefficient (Wildman–Crippen LogP) is 2.06. The van der Waals surface area contributed by atoms with Crippen LogP contribution in [0.1, 0.15) is 32.1 Å². The first-order valence-corrected chi connectivity index (χ1v) is 11.6. The Kier molecular flexibility index (Phi) is 10.8. The van der Waals surface area contributed by atoms with Crippen LogP contribution < -0.4 is 0 Å². The van der Waals surface area contributed by atoms with Crippen molar-refractivity contribution in [1.29, 1.82) is 0 Å². The summed E-state index contributed by atoms with van der Waals surface area (Å²) in [6.07, 6.45) is -4.29. The average Bonchev–Trinajstić information content (AvgIpc) is 3.51. The highest BCUT2D eigenvalue weighted by molar-refractivity contribution is 5.77. The molecule has 0 bridgehead atoms. The molecule has 0 aromatic carbocycles. The number of carboxylic acid groups (broad SMARTS) is 2. The Morgan fingerprint density at radius 3 is 1.83 bits per heavy atom. The van der Waals surface area contributed by atoms with Crippen LogP contribution in [0.2, 0.25) is 0 Å². The fraction of sp³-hybridized carbons (Fsp3) is 0.857. The van der Waals surface area contributed by atoms with Crippen LogP contribution in [0, 0.1) is 5.92 Å². The maximum absolute atomic E-state index is 12.4. The molecule has 3 heterocycles. The SMILES string of the molecule is O=C(O)C(F)(F)F.O=C(O)C(F)(F)F.O=C1CC[C@@H]2[C@@H](CCN2CC2CC2)N1CCN1CCOCC1. The van der Waals surface area contributed by atoms with Gasteiger partial charge >= 0.3 is 24.3 Å². The molecular formula is C21H31F6N3O6. The maximum Gasteiger partial charge on any atom is 0.490 e. The molecule has 9 nitrogen and oxygen atoms in total. The lowest BCUT2D eigenvalue weighted by Gasteiger charge is -2.41. The second-order valence-electron chi connectivity index (χ2n) is 9.05. The van der Waals surface area contributed by atoms with Crippen LogP contribution in [0.3, 0.4) is 0 Å². The lowest BCUT2D eigenvalue weighted by molar-refractivity contribution is -0.193. The largest absolute Gasteiger partial charge is 0.490 e. The Balaban J connectivity index is 0.000000271. The van der Waals surface area contributed by atoms with Gasteiger partial charge in [0.15, 0.2) is 0 Å². The van der Waals surface area contributed by atoms with Crippen LogP contribution >= 0.6 is 0 Å². The van der Waals surface area contributed by atoms with Crippen LogP contribution in [0.25, 0.3) is 0 Å². The molecule has 3 saturated heterocycles. The molecular weight excluding hydrogens is 504 g/mol. The number of carboxylic acids is 2. The van der Waals surface area contributed by atoms with E-state index in [4.69, 9.17) is 24.5 Å². The molecule has 0 aromatic rings. The minimum atomic E-state index is -5.08. The van der Waals surface area contributed by atoms with Crippen LogP contribution in [-0.2, 0) is 19.1 Å². The molecule has 4 fully saturated rings. The number of nitrogens with zero attached hydrogens (tertiary/aromatic N) is 3. The van der Waals surface area contributed by atoms with Crippen molar-refractivity contribution in [3.8, 4) is 0 Å². The zero-order chi connectivity index (χ0) is 27.1. The number of carbonyl (C=O) groups is 3. The zero-order valence-electron chi connectivity index (χ0n) is 19.6. The summed E-state index contributed by atoms with van der Waals surface area (Å²) in [6, 6.07) is 1.13. The number of amides is 1. The summed E-state index contributed by atoms with van der Waals surface area (Å²) in [7, 11) is 0. The third kappa shape index (κ3) is 9.73. The topological polar surface area (TPSA) is 111 Å². The van der Waals surface area contributed by atoms with Crippen LogP contribution in [0.5, 0.6) is 0 Å². The smallest absolute Gasteiger partial charge is 0.475 e. The first-order chi connectivity index (χ1) is 16.7. The minimum absolute atomic E-state index is 0.391. The van der Waals surface area contributed by atoms with Gasteiger partial charge in [-0.2, -0.15) is 26.3 Å². The molecule has 3 aliphatic heterocycles. The van der Waals surface area contributed by atoms with Gasteiger partial charge in [0.05, 0.1) is 13.2 Å². The standard InChI is InChI=1S/C17H29N3O2.2C2HF3O2/c21-17-4-3-15-16(5-6-19(15)13-14-1-2-14)20(17)8-7-18-9-11-22-12-10-18;2*3-2(4,5)1(6)7/h14-16H,1-13H2;2*(H,6,7)/t15-,16-;;/m1../s1.